The number of nitrogens with one attached hydrogen (secondary N) is 1. The van der Waals surface area contributed by atoms with E-state index in [-0.39, 0.29) is 13.8 Å². The van der Waals surface area contributed by atoms with Crippen molar-refractivity contribution in [2.24, 2.45) is 5.92 Å². The summed E-state index contributed by atoms with van der Waals surface area (Å²) in [5, 5.41) is 11.5. The van der Waals surface area contributed by atoms with Crippen molar-refractivity contribution in [3.8, 4) is 5.63 Å². The SMILES string of the molecule is O=P#CC1CCNC(C(=O)O)C1. The van der Waals surface area contributed by atoms with Gasteiger partial charge >= 0.3 is 70.6 Å². The summed E-state index contributed by atoms with van der Waals surface area (Å²) in [5.41, 5.74) is 2.68. The van der Waals surface area contributed by atoms with Crippen LogP contribution < -0.4 is 5.32 Å². The second kappa shape index (κ2) is 4.46. The molecule has 4 nitrogen and oxygen atoms in total. The second-order valence-corrected chi connectivity index (χ2v) is 3.23. The van der Waals surface area contributed by atoms with E-state index in [1.54, 1.807) is 0 Å². The van der Waals surface area contributed by atoms with E-state index < -0.39 is 12.0 Å². The Morgan fingerprint density at radius 2 is 2.42 bits per heavy atom. The number of aliphatic carboxylic acids is 1. The Labute approximate surface area is 71.5 Å². The van der Waals surface area contributed by atoms with Gasteiger partial charge in [0.05, 0.1) is 0 Å². The zero-order valence-corrected chi connectivity index (χ0v) is 7.38. The third-order valence-corrected chi connectivity index (χ3v) is 2.41. The Bertz CT molecular complexity index is 271. The van der Waals surface area contributed by atoms with Crippen molar-refractivity contribution in [1.29, 1.82) is 0 Å². The first-order chi connectivity index (χ1) is 5.74. The molecule has 0 spiro atoms. The van der Waals surface area contributed by atoms with Crippen LogP contribution in [0.2, 0.25) is 0 Å². The van der Waals surface area contributed by atoms with Crippen molar-refractivity contribution < 1.29 is 14.5 Å². The standard InChI is InChI=1S/C7H10NO3P/c9-7(10)6-3-5(4-12-11)1-2-8-6/h5-6,8H,1-3H2,(H,9,10). The van der Waals surface area contributed by atoms with Gasteiger partial charge in [0.1, 0.15) is 0 Å². The predicted octanol–water partition coefficient (Wildman–Crippen LogP) is 0.690. The first kappa shape index (κ1) is 9.53. The number of hydrogen-bond donors (Lipinski definition) is 2. The molecule has 0 aliphatic carbocycles. The summed E-state index contributed by atoms with van der Waals surface area (Å²) >= 11 is 0. The summed E-state index contributed by atoms with van der Waals surface area (Å²) in [6.45, 7) is 0.657. The number of rotatable bonds is 1. The van der Waals surface area contributed by atoms with E-state index in [9.17, 15) is 9.36 Å². The van der Waals surface area contributed by atoms with Gasteiger partial charge in [-0.25, -0.2) is 0 Å². The van der Waals surface area contributed by atoms with Gasteiger partial charge in [0.25, 0.3) is 0 Å². The molecule has 0 aromatic heterocycles. The Balaban J connectivity index is 2.55. The van der Waals surface area contributed by atoms with Crippen LogP contribution in [0.25, 0.3) is 0 Å². The summed E-state index contributed by atoms with van der Waals surface area (Å²) in [7, 11) is -0.124. The Morgan fingerprint density at radius 1 is 1.67 bits per heavy atom. The predicted molar refractivity (Wildman–Crippen MR) is 43.6 cm³/mol. The average Bonchev–Trinajstić information content (AvgIpc) is 2.05. The molecule has 0 bridgehead atoms. The van der Waals surface area contributed by atoms with Crippen molar-refractivity contribution in [3.63, 3.8) is 0 Å². The molecular weight excluding hydrogens is 177 g/mol. The molecule has 1 rings (SSSR count). The fraction of sp³-hybridized carbons (Fsp3) is 0.714. The van der Waals surface area contributed by atoms with Gasteiger partial charge in [-0.05, 0) is 0 Å². The number of carbonyl (C=O) groups is 1. The first-order valence-electron chi connectivity index (χ1n) is 3.78. The summed E-state index contributed by atoms with van der Waals surface area (Å²) < 4.78 is 10.2. The summed E-state index contributed by atoms with van der Waals surface area (Å²) in [6.07, 6.45) is 1.31. The van der Waals surface area contributed by atoms with Gasteiger partial charge in [0.2, 0.25) is 0 Å². The Kier molecular flexibility index (Phi) is 3.54. The van der Waals surface area contributed by atoms with Crippen LogP contribution >= 0.6 is 7.92 Å². The number of carboxylic acids is 1. The van der Waals surface area contributed by atoms with Crippen LogP contribution in [-0.2, 0) is 9.36 Å². The molecule has 1 aliphatic heterocycles. The van der Waals surface area contributed by atoms with E-state index in [4.69, 9.17) is 5.11 Å². The maximum atomic E-state index is 10.5. The fourth-order valence-corrected chi connectivity index (χ4v) is 1.68. The van der Waals surface area contributed by atoms with E-state index in [1.165, 1.54) is 0 Å². The number of hydrogen-bond acceptors (Lipinski definition) is 3. The van der Waals surface area contributed by atoms with Crippen LogP contribution in [0.5, 0.6) is 0 Å². The van der Waals surface area contributed by atoms with Gasteiger partial charge in [-0.1, -0.05) is 0 Å². The third-order valence-electron chi connectivity index (χ3n) is 1.94. The summed E-state index contributed by atoms with van der Waals surface area (Å²) in [6, 6.07) is -0.502. The van der Waals surface area contributed by atoms with Crippen LogP contribution in [-0.4, -0.2) is 23.7 Å². The van der Waals surface area contributed by atoms with Gasteiger partial charge < -0.3 is 0 Å². The van der Waals surface area contributed by atoms with Crippen LogP contribution in [0.1, 0.15) is 12.8 Å². The minimum atomic E-state index is -0.843. The second-order valence-electron chi connectivity index (χ2n) is 2.79. The van der Waals surface area contributed by atoms with Gasteiger partial charge in [-0.3, -0.25) is 0 Å². The van der Waals surface area contributed by atoms with Crippen molar-refractivity contribution in [2.45, 2.75) is 18.9 Å². The summed E-state index contributed by atoms with van der Waals surface area (Å²) in [5.74, 6) is -0.796. The molecule has 0 saturated carbocycles. The first-order valence-corrected chi connectivity index (χ1v) is 4.59. The molecule has 1 aliphatic rings. The molecule has 5 heteroatoms. The van der Waals surface area contributed by atoms with Gasteiger partial charge in [-0.15, -0.1) is 0 Å². The van der Waals surface area contributed by atoms with Gasteiger partial charge in [-0.2, -0.15) is 0 Å². The minimum absolute atomic E-state index is 0.0477. The Hall–Kier alpha value is -0.560. The molecule has 66 valence electrons. The Morgan fingerprint density at radius 3 is 3.00 bits per heavy atom. The zero-order chi connectivity index (χ0) is 8.97. The molecule has 0 aromatic rings. The van der Waals surface area contributed by atoms with Crippen LogP contribution in [0.15, 0.2) is 0 Å². The maximum absolute atomic E-state index is 10.5. The molecule has 0 radical (unpaired) electrons. The van der Waals surface area contributed by atoms with Crippen LogP contribution in [0.3, 0.4) is 0 Å². The molecule has 0 amide bonds. The van der Waals surface area contributed by atoms with E-state index >= 15 is 0 Å². The molecule has 2 N–H and O–H groups in total. The molecular formula is C7H10NO3P. The fourth-order valence-electron chi connectivity index (χ4n) is 1.30. The monoisotopic (exact) mass is 187 g/mol. The number of piperidine rings is 1. The van der Waals surface area contributed by atoms with Gasteiger partial charge in [0.15, 0.2) is 0 Å². The molecule has 2 atom stereocenters. The average molecular weight is 187 g/mol. The van der Waals surface area contributed by atoms with Crippen molar-refractivity contribution >= 4 is 13.9 Å². The number of carboxylic acid groups (broad SMARTS) is 1. The van der Waals surface area contributed by atoms with Crippen LogP contribution in [0, 0.1) is 11.5 Å². The quantitative estimate of drug-likeness (QED) is 0.592. The van der Waals surface area contributed by atoms with E-state index in [0.717, 1.165) is 6.42 Å². The molecule has 0 aromatic carbocycles. The molecule has 12 heavy (non-hydrogen) atoms. The van der Waals surface area contributed by atoms with Crippen molar-refractivity contribution in [1.82, 2.24) is 5.32 Å². The normalized spacial score (nSPS) is 29.0. The van der Waals surface area contributed by atoms with Crippen molar-refractivity contribution in [3.05, 3.63) is 0 Å². The van der Waals surface area contributed by atoms with E-state index in [0.29, 0.717) is 13.0 Å². The van der Waals surface area contributed by atoms with E-state index in [2.05, 4.69) is 10.9 Å². The van der Waals surface area contributed by atoms with Crippen molar-refractivity contribution in [2.75, 3.05) is 6.54 Å². The third kappa shape index (κ3) is 2.49. The zero-order valence-electron chi connectivity index (χ0n) is 6.49. The molecule has 1 fully saturated rings. The topological polar surface area (TPSA) is 66.4 Å². The summed E-state index contributed by atoms with van der Waals surface area (Å²) in [4.78, 5) is 10.5. The van der Waals surface area contributed by atoms with E-state index in [1.807, 2.05) is 0 Å². The molecule has 1 heterocycles. The molecule has 1 saturated heterocycles. The van der Waals surface area contributed by atoms with Gasteiger partial charge in [0, 0.05) is 0 Å². The molecule has 2 unspecified atom stereocenters. The van der Waals surface area contributed by atoms with Crippen LogP contribution in [0.4, 0.5) is 0 Å².